The van der Waals surface area contributed by atoms with Crippen molar-refractivity contribution >= 4 is 23.6 Å². The van der Waals surface area contributed by atoms with Gasteiger partial charge in [0.15, 0.2) is 0 Å². The van der Waals surface area contributed by atoms with Crippen LogP contribution in [0, 0.1) is 17.8 Å². The van der Waals surface area contributed by atoms with E-state index in [1.54, 1.807) is 16.7 Å². The zero-order valence-electron chi connectivity index (χ0n) is 15.1. The molecule has 0 spiro atoms. The molecule has 4 amide bonds. The number of hydrogen-bond acceptors (Lipinski definition) is 4. The van der Waals surface area contributed by atoms with Crippen molar-refractivity contribution in [1.82, 2.24) is 14.7 Å². The Morgan fingerprint density at radius 2 is 1.46 bits per heavy atom. The Morgan fingerprint density at radius 1 is 0.923 bits per heavy atom. The molecule has 3 saturated heterocycles. The number of hydrogen-bond donors (Lipinski definition) is 0. The zero-order valence-corrected chi connectivity index (χ0v) is 15.1. The third-order valence-corrected chi connectivity index (χ3v) is 6.37. The summed E-state index contributed by atoms with van der Waals surface area (Å²) in [5.74, 6) is -0.415. The van der Waals surface area contributed by atoms with Gasteiger partial charge in [0.05, 0.1) is 17.9 Å². The summed E-state index contributed by atoms with van der Waals surface area (Å²) in [5.41, 5.74) is 0. The van der Waals surface area contributed by atoms with Gasteiger partial charge >= 0.3 is 0 Å². The summed E-state index contributed by atoms with van der Waals surface area (Å²) in [7, 11) is 0. The van der Waals surface area contributed by atoms with Crippen molar-refractivity contribution in [2.75, 3.05) is 26.2 Å². The molecule has 4 rings (SSSR count). The van der Waals surface area contributed by atoms with E-state index in [4.69, 9.17) is 0 Å². The average molecular weight is 359 g/mol. The van der Waals surface area contributed by atoms with Gasteiger partial charge in [-0.05, 0) is 25.7 Å². The fourth-order valence-corrected chi connectivity index (χ4v) is 4.68. The zero-order chi connectivity index (χ0) is 18.4. The van der Waals surface area contributed by atoms with E-state index < -0.39 is 0 Å². The lowest BCUT2D eigenvalue weighted by atomic mass is 9.85. The Hall–Kier alpha value is -2.18. The maximum atomic E-state index is 12.7. The van der Waals surface area contributed by atoms with Crippen LogP contribution in [0.15, 0.2) is 12.2 Å². The first kappa shape index (κ1) is 17.2. The number of carbonyl (C=O) groups is 4. The molecule has 0 N–H and O–H groups in total. The van der Waals surface area contributed by atoms with Crippen molar-refractivity contribution in [3.63, 3.8) is 0 Å². The number of allylic oxidation sites excluding steroid dienone is 2. The molecule has 1 aliphatic carbocycles. The van der Waals surface area contributed by atoms with Crippen LogP contribution in [-0.2, 0) is 19.2 Å². The molecule has 7 heteroatoms. The summed E-state index contributed by atoms with van der Waals surface area (Å²) in [6.07, 6.45) is 6.65. The van der Waals surface area contributed by atoms with E-state index in [2.05, 4.69) is 0 Å². The Kier molecular flexibility index (Phi) is 4.32. The Morgan fingerprint density at radius 3 is 1.96 bits per heavy atom. The fraction of sp³-hybridized carbons (Fsp3) is 0.684. The lowest BCUT2D eigenvalue weighted by Gasteiger charge is -2.45. The highest BCUT2D eigenvalue weighted by Gasteiger charge is 2.52. The van der Waals surface area contributed by atoms with Gasteiger partial charge in [0, 0.05) is 39.0 Å². The molecule has 0 aromatic heterocycles. The summed E-state index contributed by atoms with van der Waals surface area (Å²) >= 11 is 0. The third kappa shape index (κ3) is 2.73. The van der Waals surface area contributed by atoms with Crippen LogP contribution in [0.25, 0.3) is 0 Å². The molecule has 3 fully saturated rings. The molecule has 0 radical (unpaired) electrons. The standard InChI is InChI=1S/C19H25N3O4/c1-12(23)20-8-6-13(7-9-20)17(24)21-10-14(11-21)22-18(25)15-4-2-3-5-16(15)19(22)26/h2-3,13-16H,4-11H2,1H3. The van der Waals surface area contributed by atoms with E-state index in [0.717, 1.165) is 0 Å². The largest absolute Gasteiger partial charge is 0.343 e. The minimum Gasteiger partial charge on any atom is -0.343 e. The summed E-state index contributed by atoms with van der Waals surface area (Å²) in [6.45, 7) is 3.72. The van der Waals surface area contributed by atoms with Crippen LogP contribution >= 0.6 is 0 Å². The van der Waals surface area contributed by atoms with Gasteiger partial charge in [0.25, 0.3) is 0 Å². The maximum Gasteiger partial charge on any atom is 0.233 e. The van der Waals surface area contributed by atoms with Gasteiger partial charge in [0.1, 0.15) is 0 Å². The predicted octanol–water partition coefficient (Wildman–Crippen LogP) is 0.407. The fourth-order valence-electron chi connectivity index (χ4n) is 4.68. The Balaban J connectivity index is 1.32. The molecular formula is C19H25N3O4. The monoisotopic (exact) mass is 359 g/mol. The molecule has 2 unspecified atom stereocenters. The summed E-state index contributed by atoms with van der Waals surface area (Å²) in [6, 6.07) is -0.165. The van der Waals surface area contributed by atoms with E-state index in [-0.39, 0.29) is 47.4 Å². The van der Waals surface area contributed by atoms with Gasteiger partial charge in [-0.25, -0.2) is 0 Å². The SMILES string of the molecule is CC(=O)N1CCC(C(=O)N2CC(N3C(=O)C4CC=CCC4C3=O)C2)CC1. The topological polar surface area (TPSA) is 78.0 Å². The maximum absolute atomic E-state index is 12.7. The second-order valence-corrected chi connectivity index (χ2v) is 7.88. The van der Waals surface area contributed by atoms with E-state index in [9.17, 15) is 19.2 Å². The molecule has 0 aromatic carbocycles. The van der Waals surface area contributed by atoms with E-state index >= 15 is 0 Å². The minimum absolute atomic E-state index is 0.0525. The molecule has 3 aliphatic heterocycles. The van der Waals surface area contributed by atoms with E-state index in [0.29, 0.717) is 51.9 Å². The highest BCUT2D eigenvalue weighted by atomic mass is 16.2. The molecule has 4 aliphatic rings. The van der Waals surface area contributed by atoms with Crippen molar-refractivity contribution < 1.29 is 19.2 Å². The highest BCUT2D eigenvalue weighted by molar-refractivity contribution is 6.06. The van der Waals surface area contributed by atoms with Gasteiger partial charge in [-0.15, -0.1) is 0 Å². The van der Waals surface area contributed by atoms with Crippen molar-refractivity contribution in [2.24, 2.45) is 17.8 Å². The quantitative estimate of drug-likeness (QED) is 0.528. The number of imide groups is 1. The van der Waals surface area contributed by atoms with Gasteiger partial charge in [-0.2, -0.15) is 0 Å². The predicted molar refractivity (Wildman–Crippen MR) is 92.6 cm³/mol. The molecule has 7 nitrogen and oxygen atoms in total. The average Bonchev–Trinajstić information content (AvgIpc) is 2.86. The van der Waals surface area contributed by atoms with Crippen LogP contribution in [0.1, 0.15) is 32.6 Å². The number of rotatable bonds is 2. The summed E-state index contributed by atoms with van der Waals surface area (Å²) in [4.78, 5) is 54.2. The molecule has 0 aromatic rings. The number of nitrogens with zero attached hydrogens (tertiary/aromatic N) is 3. The van der Waals surface area contributed by atoms with Crippen molar-refractivity contribution in [3.05, 3.63) is 12.2 Å². The van der Waals surface area contributed by atoms with Gasteiger partial charge < -0.3 is 9.80 Å². The van der Waals surface area contributed by atoms with Crippen LogP contribution in [0.4, 0.5) is 0 Å². The number of likely N-dealkylation sites (tertiary alicyclic amines) is 3. The van der Waals surface area contributed by atoms with Crippen molar-refractivity contribution in [3.8, 4) is 0 Å². The van der Waals surface area contributed by atoms with Gasteiger partial charge in [-0.1, -0.05) is 12.2 Å². The third-order valence-electron chi connectivity index (χ3n) is 6.37. The number of amides is 4. The smallest absolute Gasteiger partial charge is 0.233 e. The molecule has 3 heterocycles. The number of carbonyl (C=O) groups excluding carboxylic acids is 4. The lowest BCUT2D eigenvalue weighted by Crippen LogP contribution is -2.63. The molecule has 140 valence electrons. The van der Waals surface area contributed by atoms with Crippen LogP contribution in [0.5, 0.6) is 0 Å². The van der Waals surface area contributed by atoms with Crippen LogP contribution in [-0.4, -0.2) is 70.5 Å². The molecule has 0 bridgehead atoms. The second kappa shape index (κ2) is 6.52. The van der Waals surface area contributed by atoms with Crippen LogP contribution < -0.4 is 0 Å². The number of fused-ring (bicyclic) bond motifs is 1. The highest BCUT2D eigenvalue weighted by Crippen LogP contribution is 2.37. The van der Waals surface area contributed by atoms with Crippen molar-refractivity contribution in [1.29, 1.82) is 0 Å². The molecular weight excluding hydrogens is 334 g/mol. The molecule has 2 atom stereocenters. The first-order valence-corrected chi connectivity index (χ1v) is 9.53. The number of piperidine rings is 1. The van der Waals surface area contributed by atoms with Crippen LogP contribution in [0.2, 0.25) is 0 Å². The first-order valence-electron chi connectivity index (χ1n) is 9.53. The van der Waals surface area contributed by atoms with E-state index in [1.807, 2.05) is 12.2 Å². The van der Waals surface area contributed by atoms with E-state index in [1.165, 1.54) is 4.90 Å². The lowest BCUT2D eigenvalue weighted by molar-refractivity contribution is -0.155. The normalized spacial score (nSPS) is 29.8. The Bertz CT molecular complexity index is 648. The van der Waals surface area contributed by atoms with Crippen molar-refractivity contribution in [2.45, 2.75) is 38.6 Å². The molecule has 0 saturated carbocycles. The first-order chi connectivity index (χ1) is 12.5. The summed E-state index contributed by atoms with van der Waals surface area (Å²) < 4.78 is 0. The van der Waals surface area contributed by atoms with Crippen LogP contribution in [0.3, 0.4) is 0 Å². The van der Waals surface area contributed by atoms with Gasteiger partial charge in [0.2, 0.25) is 23.6 Å². The second-order valence-electron chi connectivity index (χ2n) is 7.88. The minimum atomic E-state index is -0.201. The molecule has 26 heavy (non-hydrogen) atoms. The summed E-state index contributed by atoms with van der Waals surface area (Å²) in [5, 5.41) is 0. The Labute approximate surface area is 153 Å². The van der Waals surface area contributed by atoms with Gasteiger partial charge in [-0.3, -0.25) is 24.1 Å².